The fourth-order valence-electron chi connectivity index (χ4n) is 3.34. The Morgan fingerprint density at radius 3 is 2.52 bits per heavy atom. The van der Waals surface area contributed by atoms with Crippen LogP contribution in [0.1, 0.15) is 23.6 Å². The lowest BCUT2D eigenvalue weighted by molar-refractivity contribution is -0.113. The number of aryl methyl sites for hydroxylation is 3. The van der Waals surface area contributed by atoms with Gasteiger partial charge in [-0.25, -0.2) is 0 Å². The third kappa shape index (κ3) is 4.79. The molecule has 1 heterocycles. The number of hydrogen-bond acceptors (Lipinski definition) is 5. The molecule has 29 heavy (non-hydrogen) atoms. The van der Waals surface area contributed by atoms with Crippen LogP contribution in [0.3, 0.4) is 0 Å². The first-order chi connectivity index (χ1) is 13.9. The molecule has 0 aliphatic heterocycles. The molecule has 3 aromatic rings. The lowest BCUT2D eigenvalue weighted by Gasteiger charge is -2.13. The van der Waals surface area contributed by atoms with E-state index in [0.717, 1.165) is 39.1 Å². The number of rotatable bonds is 7. The highest BCUT2D eigenvalue weighted by molar-refractivity contribution is 7.99. The van der Waals surface area contributed by atoms with Crippen molar-refractivity contribution < 1.29 is 9.53 Å². The summed E-state index contributed by atoms with van der Waals surface area (Å²) in [6.07, 6.45) is 0. The number of nitrogens with one attached hydrogen (secondary N) is 1. The van der Waals surface area contributed by atoms with E-state index in [0.29, 0.717) is 6.54 Å². The van der Waals surface area contributed by atoms with Crippen molar-refractivity contribution in [3.05, 3.63) is 53.1 Å². The summed E-state index contributed by atoms with van der Waals surface area (Å²) in [7, 11) is 1.64. The number of ether oxygens (including phenoxy) is 1. The van der Waals surface area contributed by atoms with Gasteiger partial charge < -0.3 is 14.6 Å². The van der Waals surface area contributed by atoms with Gasteiger partial charge in [-0.2, -0.15) is 0 Å². The zero-order chi connectivity index (χ0) is 21.0. The second-order valence-electron chi connectivity index (χ2n) is 6.89. The van der Waals surface area contributed by atoms with Gasteiger partial charge in [-0.1, -0.05) is 41.6 Å². The highest BCUT2D eigenvalue weighted by Crippen LogP contribution is 2.27. The predicted octanol–water partition coefficient (Wildman–Crippen LogP) is 4.63. The van der Waals surface area contributed by atoms with Gasteiger partial charge >= 0.3 is 0 Å². The number of aromatic nitrogens is 3. The Morgan fingerprint density at radius 1 is 1.14 bits per heavy atom. The van der Waals surface area contributed by atoms with Gasteiger partial charge in [0.25, 0.3) is 0 Å². The molecule has 3 rings (SSSR count). The molecule has 0 atom stereocenters. The van der Waals surface area contributed by atoms with Crippen LogP contribution in [0.25, 0.3) is 11.4 Å². The maximum Gasteiger partial charge on any atom is 0.234 e. The molecule has 1 aromatic heterocycles. The molecule has 6 nitrogen and oxygen atoms in total. The topological polar surface area (TPSA) is 69.0 Å². The summed E-state index contributed by atoms with van der Waals surface area (Å²) in [5.41, 5.74) is 5.14. The van der Waals surface area contributed by atoms with Crippen molar-refractivity contribution in [3.8, 4) is 17.1 Å². The van der Waals surface area contributed by atoms with Gasteiger partial charge in [0, 0.05) is 17.8 Å². The first kappa shape index (κ1) is 20.9. The second kappa shape index (κ2) is 9.13. The van der Waals surface area contributed by atoms with Gasteiger partial charge in [0.2, 0.25) is 5.91 Å². The van der Waals surface area contributed by atoms with Gasteiger partial charge in [0.05, 0.1) is 12.9 Å². The van der Waals surface area contributed by atoms with E-state index in [1.807, 2.05) is 49.6 Å². The maximum absolute atomic E-state index is 12.5. The largest absolute Gasteiger partial charge is 0.497 e. The van der Waals surface area contributed by atoms with Crippen LogP contribution in [0.4, 0.5) is 5.69 Å². The number of hydrogen-bond donors (Lipinski definition) is 1. The van der Waals surface area contributed by atoms with E-state index in [4.69, 9.17) is 4.74 Å². The molecular formula is C22H26N4O2S. The molecule has 0 spiro atoms. The third-order valence-corrected chi connectivity index (χ3v) is 5.60. The fourth-order valence-corrected chi connectivity index (χ4v) is 4.14. The number of methoxy groups -OCH3 is 1. The van der Waals surface area contributed by atoms with E-state index in [-0.39, 0.29) is 11.7 Å². The third-order valence-electron chi connectivity index (χ3n) is 4.63. The number of thioether (sulfide) groups is 1. The minimum atomic E-state index is -0.0568. The lowest BCUT2D eigenvalue weighted by atomic mass is 10.1. The van der Waals surface area contributed by atoms with E-state index in [9.17, 15) is 4.79 Å². The predicted molar refractivity (Wildman–Crippen MR) is 118 cm³/mol. The second-order valence-corrected chi connectivity index (χ2v) is 7.84. The highest BCUT2D eigenvalue weighted by atomic mass is 32.2. The van der Waals surface area contributed by atoms with Crippen LogP contribution in [-0.4, -0.2) is 33.5 Å². The van der Waals surface area contributed by atoms with Crippen LogP contribution < -0.4 is 10.1 Å². The number of anilines is 1. The summed E-state index contributed by atoms with van der Waals surface area (Å²) in [6, 6.07) is 11.9. The van der Waals surface area contributed by atoms with Gasteiger partial charge in [-0.05, 0) is 51.0 Å². The van der Waals surface area contributed by atoms with E-state index in [1.54, 1.807) is 7.11 Å². The number of amides is 1. The summed E-state index contributed by atoms with van der Waals surface area (Å²) in [4.78, 5) is 12.5. The van der Waals surface area contributed by atoms with E-state index < -0.39 is 0 Å². The van der Waals surface area contributed by atoms with Crippen molar-refractivity contribution in [3.63, 3.8) is 0 Å². The zero-order valence-electron chi connectivity index (χ0n) is 17.4. The van der Waals surface area contributed by atoms with Gasteiger partial charge in [-0.3, -0.25) is 4.79 Å². The SMILES string of the molecule is CCn1c(SCC(=O)Nc2c(C)cc(C)cc2C)nnc1-c1cccc(OC)c1. The van der Waals surface area contributed by atoms with E-state index >= 15 is 0 Å². The monoisotopic (exact) mass is 410 g/mol. The normalized spacial score (nSPS) is 10.8. The van der Waals surface area contributed by atoms with Gasteiger partial charge in [0.15, 0.2) is 11.0 Å². The molecule has 152 valence electrons. The molecule has 0 aliphatic carbocycles. The van der Waals surface area contributed by atoms with Crippen LogP contribution in [0, 0.1) is 20.8 Å². The standard InChI is InChI=1S/C22H26N4O2S/c1-6-26-21(17-8-7-9-18(12-17)28-5)24-25-22(26)29-13-19(27)23-20-15(3)10-14(2)11-16(20)4/h7-12H,6,13H2,1-5H3,(H,23,27). The molecule has 7 heteroatoms. The summed E-state index contributed by atoms with van der Waals surface area (Å²) in [5, 5.41) is 12.4. The number of benzene rings is 2. The molecule has 2 aromatic carbocycles. The molecule has 0 unspecified atom stereocenters. The van der Waals surface area contributed by atoms with Crippen LogP contribution in [0.2, 0.25) is 0 Å². The first-order valence-electron chi connectivity index (χ1n) is 9.51. The quantitative estimate of drug-likeness (QED) is 0.575. The Morgan fingerprint density at radius 2 is 1.86 bits per heavy atom. The van der Waals surface area contributed by atoms with Crippen LogP contribution in [-0.2, 0) is 11.3 Å². The molecule has 0 aliphatic rings. The fraction of sp³-hybridized carbons (Fsp3) is 0.318. The van der Waals surface area contributed by atoms with Crippen molar-refractivity contribution in [2.45, 2.75) is 39.4 Å². The summed E-state index contributed by atoms with van der Waals surface area (Å²) in [6.45, 7) is 8.82. The van der Waals surface area contributed by atoms with Crippen molar-refractivity contribution in [1.29, 1.82) is 0 Å². The van der Waals surface area contributed by atoms with E-state index in [2.05, 4.69) is 34.6 Å². The average molecular weight is 411 g/mol. The average Bonchev–Trinajstić information content (AvgIpc) is 3.12. The van der Waals surface area contributed by atoms with Crippen molar-refractivity contribution >= 4 is 23.4 Å². The smallest absolute Gasteiger partial charge is 0.234 e. The minimum absolute atomic E-state index is 0.0568. The molecule has 0 saturated carbocycles. The Balaban J connectivity index is 1.73. The molecule has 0 radical (unpaired) electrons. The first-order valence-corrected chi connectivity index (χ1v) is 10.5. The van der Waals surface area contributed by atoms with Gasteiger partial charge in [0.1, 0.15) is 5.75 Å². The lowest BCUT2D eigenvalue weighted by Crippen LogP contribution is -2.16. The maximum atomic E-state index is 12.5. The minimum Gasteiger partial charge on any atom is -0.497 e. The highest BCUT2D eigenvalue weighted by Gasteiger charge is 2.16. The summed E-state index contributed by atoms with van der Waals surface area (Å²) in [5.74, 6) is 1.74. The molecule has 1 amide bonds. The van der Waals surface area contributed by atoms with Crippen molar-refractivity contribution in [2.24, 2.45) is 0 Å². The summed E-state index contributed by atoms with van der Waals surface area (Å²) >= 11 is 1.39. The van der Waals surface area contributed by atoms with Gasteiger partial charge in [-0.15, -0.1) is 10.2 Å². The zero-order valence-corrected chi connectivity index (χ0v) is 18.3. The number of nitrogens with zero attached hydrogens (tertiary/aromatic N) is 3. The number of carbonyl (C=O) groups is 1. The Labute approximate surface area is 175 Å². The van der Waals surface area contributed by atoms with Crippen molar-refractivity contribution in [1.82, 2.24) is 14.8 Å². The molecule has 1 N–H and O–H groups in total. The summed E-state index contributed by atoms with van der Waals surface area (Å²) < 4.78 is 7.31. The van der Waals surface area contributed by atoms with Crippen LogP contribution in [0.15, 0.2) is 41.6 Å². The molecule has 0 bridgehead atoms. The number of carbonyl (C=O) groups excluding carboxylic acids is 1. The van der Waals surface area contributed by atoms with E-state index in [1.165, 1.54) is 17.3 Å². The van der Waals surface area contributed by atoms with Crippen LogP contribution >= 0.6 is 11.8 Å². The van der Waals surface area contributed by atoms with Crippen molar-refractivity contribution in [2.75, 3.05) is 18.2 Å². The molecule has 0 fully saturated rings. The van der Waals surface area contributed by atoms with Crippen LogP contribution in [0.5, 0.6) is 5.75 Å². The Hall–Kier alpha value is -2.80. The molecular weight excluding hydrogens is 384 g/mol. The Kier molecular flexibility index (Phi) is 6.59. The molecule has 0 saturated heterocycles. The Bertz CT molecular complexity index is 1010.